The van der Waals surface area contributed by atoms with Crippen molar-refractivity contribution in [3.05, 3.63) is 48.8 Å². The van der Waals surface area contributed by atoms with Gasteiger partial charge >= 0.3 is 0 Å². The van der Waals surface area contributed by atoms with Crippen LogP contribution in [-0.2, 0) is 0 Å². The fraction of sp³-hybridized carbons (Fsp3) is 0.278. The van der Waals surface area contributed by atoms with E-state index < -0.39 is 0 Å². The molecule has 1 aliphatic heterocycles. The summed E-state index contributed by atoms with van der Waals surface area (Å²) in [7, 11) is 2.17. The molecule has 0 radical (unpaired) electrons. The third-order valence-corrected chi connectivity index (χ3v) is 4.43. The summed E-state index contributed by atoms with van der Waals surface area (Å²) in [5.74, 6) is 1.05. The Morgan fingerprint density at radius 3 is 2.57 bits per heavy atom. The van der Waals surface area contributed by atoms with Crippen molar-refractivity contribution in [2.24, 2.45) is 0 Å². The molecular weight excluding hydrogens is 286 g/mol. The number of aromatic nitrogens is 3. The highest BCUT2D eigenvalue weighted by Gasteiger charge is 2.17. The van der Waals surface area contributed by atoms with Gasteiger partial charge in [0.25, 0.3) is 0 Å². The van der Waals surface area contributed by atoms with Gasteiger partial charge in [-0.15, -0.1) is 0 Å². The predicted molar refractivity (Wildman–Crippen MR) is 92.5 cm³/mol. The van der Waals surface area contributed by atoms with Crippen molar-refractivity contribution >= 4 is 16.7 Å². The monoisotopic (exact) mass is 305 g/mol. The Labute approximate surface area is 135 Å². The van der Waals surface area contributed by atoms with E-state index in [1.807, 2.05) is 18.3 Å². The van der Waals surface area contributed by atoms with Gasteiger partial charge in [-0.25, -0.2) is 4.98 Å². The Balaban J connectivity index is 1.84. The van der Waals surface area contributed by atoms with E-state index in [9.17, 15) is 0 Å². The largest absolute Gasteiger partial charge is 0.354 e. The van der Waals surface area contributed by atoms with Crippen molar-refractivity contribution in [3.8, 4) is 11.1 Å². The lowest BCUT2D eigenvalue weighted by Gasteiger charge is -2.33. The molecule has 3 aromatic rings. The molecule has 0 saturated carbocycles. The predicted octanol–water partition coefficient (Wildman–Crippen LogP) is 2.44. The number of pyridine rings is 1. The van der Waals surface area contributed by atoms with Gasteiger partial charge in [0.1, 0.15) is 5.82 Å². The van der Waals surface area contributed by atoms with E-state index >= 15 is 0 Å². The summed E-state index contributed by atoms with van der Waals surface area (Å²) in [5, 5.41) is 9.07. The van der Waals surface area contributed by atoms with Crippen molar-refractivity contribution in [2.75, 3.05) is 38.1 Å². The number of anilines is 1. The normalized spacial score (nSPS) is 16.0. The summed E-state index contributed by atoms with van der Waals surface area (Å²) in [4.78, 5) is 9.60. The molecule has 0 amide bonds. The minimum absolute atomic E-state index is 1.01. The molecule has 1 aromatic carbocycles. The minimum atomic E-state index is 1.01. The Morgan fingerprint density at radius 2 is 1.78 bits per heavy atom. The van der Waals surface area contributed by atoms with Gasteiger partial charge in [0.2, 0.25) is 0 Å². The maximum absolute atomic E-state index is 4.88. The molecular formula is C18H19N5. The summed E-state index contributed by atoms with van der Waals surface area (Å²) in [6, 6.07) is 12.5. The van der Waals surface area contributed by atoms with E-state index in [1.165, 1.54) is 5.56 Å². The fourth-order valence-electron chi connectivity index (χ4n) is 3.05. The summed E-state index contributed by atoms with van der Waals surface area (Å²) in [6.45, 7) is 4.16. The van der Waals surface area contributed by atoms with Crippen LogP contribution in [0.3, 0.4) is 0 Å². The van der Waals surface area contributed by atoms with Gasteiger partial charge in [0.15, 0.2) is 0 Å². The van der Waals surface area contributed by atoms with Crippen LogP contribution in [-0.4, -0.2) is 53.3 Å². The maximum atomic E-state index is 4.88. The van der Waals surface area contributed by atoms with Crippen LogP contribution in [0.15, 0.2) is 48.8 Å². The van der Waals surface area contributed by atoms with Crippen molar-refractivity contribution < 1.29 is 0 Å². The summed E-state index contributed by atoms with van der Waals surface area (Å²) in [6.07, 6.45) is 3.55. The number of para-hydroxylation sites is 1. The number of hydrogen-bond donors (Lipinski definition) is 0. The van der Waals surface area contributed by atoms with Gasteiger partial charge in [0, 0.05) is 37.1 Å². The first kappa shape index (κ1) is 14.1. The zero-order valence-electron chi connectivity index (χ0n) is 13.2. The third-order valence-electron chi connectivity index (χ3n) is 4.43. The van der Waals surface area contributed by atoms with E-state index in [0.29, 0.717) is 0 Å². The van der Waals surface area contributed by atoms with Crippen LogP contribution in [0.1, 0.15) is 0 Å². The second-order valence-corrected chi connectivity index (χ2v) is 5.97. The van der Waals surface area contributed by atoms with Gasteiger partial charge in [0.05, 0.1) is 17.9 Å². The van der Waals surface area contributed by atoms with Gasteiger partial charge in [-0.2, -0.15) is 10.2 Å². The lowest BCUT2D eigenvalue weighted by atomic mass is 10.0. The lowest BCUT2D eigenvalue weighted by Crippen LogP contribution is -2.44. The Morgan fingerprint density at radius 1 is 0.957 bits per heavy atom. The van der Waals surface area contributed by atoms with Crippen LogP contribution in [0.2, 0.25) is 0 Å². The molecule has 2 aromatic heterocycles. The van der Waals surface area contributed by atoms with Crippen molar-refractivity contribution in [1.82, 2.24) is 20.1 Å². The molecule has 0 N–H and O–H groups in total. The van der Waals surface area contributed by atoms with E-state index in [1.54, 1.807) is 6.20 Å². The molecule has 0 unspecified atom stereocenters. The molecule has 1 fully saturated rings. The topological polar surface area (TPSA) is 45.2 Å². The molecule has 116 valence electrons. The molecule has 0 bridgehead atoms. The first-order valence-corrected chi connectivity index (χ1v) is 7.91. The van der Waals surface area contributed by atoms with E-state index in [2.05, 4.69) is 51.3 Å². The van der Waals surface area contributed by atoms with Gasteiger partial charge in [-0.3, -0.25) is 0 Å². The van der Waals surface area contributed by atoms with E-state index in [-0.39, 0.29) is 0 Å². The highest BCUT2D eigenvalue weighted by molar-refractivity contribution is 5.95. The first-order valence-electron chi connectivity index (χ1n) is 7.91. The number of nitrogens with zero attached hydrogens (tertiary/aromatic N) is 5. The molecule has 1 aliphatic rings. The molecule has 5 nitrogen and oxygen atoms in total. The molecule has 23 heavy (non-hydrogen) atoms. The van der Waals surface area contributed by atoms with Crippen LogP contribution < -0.4 is 4.90 Å². The molecule has 1 saturated heterocycles. The lowest BCUT2D eigenvalue weighted by molar-refractivity contribution is 0.312. The standard InChI is InChI=1S/C18H19N5/c1-22-8-10-23(11-9-22)18-12-16(14-6-7-19-20-13-14)15-4-2-3-5-17(15)21-18/h2-7,12-13H,8-11H2,1H3. The van der Waals surface area contributed by atoms with Crippen molar-refractivity contribution in [3.63, 3.8) is 0 Å². The average Bonchev–Trinajstić information content (AvgIpc) is 2.62. The van der Waals surface area contributed by atoms with Crippen LogP contribution in [0.25, 0.3) is 22.0 Å². The minimum Gasteiger partial charge on any atom is -0.354 e. The molecule has 0 aliphatic carbocycles. The molecule has 3 heterocycles. The summed E-state index contributed by atoms with van der Waals surface area (Å²) < 4.78 is 0. The Kier molecular flexibility index (Phi) is 3.63. The Hall–Kier alpha value is -2.53. The highest BCUT2D eigenvalue weighted by Crippen LogP contribution is 2.31. The second kappa shape index (κ2) is 5.93. The number of hydrogen-bond acceptors (Lipinski definition) is 5. The zero-order chi connectivity index (χ0) is 15.6. The number of benzene rings is 1. The summed E-state index contributed by atoms with van der Waals surface area (Å²) >= 11 is 0. The van der Waals surface area contributed by atoms with E-state index in [0.717, 1.165) is 48.5 Å². The van der Waals surface area contributed by atoms with Gasteiger partial charge in [-0.05, 0) is 30.8 Å². The zero-order valence-corrected chi connectivity index (χ0v) is 13.2. The van der Waals surface area contributed by atoms with Crippen LogP contribution in [0.4, 0.5) is 5.82 Å². The second-order valence-electron chi connectivity index (χ2n) is 5.97. The van der Waals surface area contributed by atoms with E-state index in [4.69, 9.17) is 4.98 Å². The van der Waals surface area contributed by atoms with Crippen LogP contribution in [0, 0.1) is 0 Å². The van der Waals surface area contributed by atoms with Crippen LogP contribution in [0.5, 0.6) is 0 Å². The number of piperazine rings is 1. The van der Waals surface area contributed by atoms with Gasteiger partial charge in [-0.1, -0.05) is 18.2 Å². The molecule has 4 rings (SSSR count). The van der Waals surface area contributed by atoms with Crippen molar-refractivity contribution in [1.29, 1.82) is 0 Å². The van der Waals surface area contributed by atoms with Gasteiger partial charge < -0.3 is 9.80 Å². The molecule has 0 spiro atoms. The quantitative estimate of drug-likeness (QED) is 0.727. The van der Waals surface area contributed by atoms with Crippen LogP contribution >= 0.6 is 0 Å². The fourth-order valence-corrected chi connectivity index (χ4v) is 3.05. The third kappa shape index (κ3) is 2.75. The summed E-state index contributed by atoms with van der Waals surface area (Å²) in [5.41, 5.74) is 3.27. The number of likely N-dealkylation sites (N-methyl/N-ethyl adjacent to an activating group) is 1. The molecule has 0 atom stereocenters. The maximum Gasteiger partial charge on any atom is 0.129 e. The van der Waals surface area contributed by atoms with Crippen molar-refractivity contribution in [2.45, 2.75) is 0 Å². The SMILES string of the molecule is CN1CCN(c2cc(-c3ccnnc3)c3ccccc3n2)CC1. The molecule has 5 heteroatoms. The highest BCUT2D eigenvalue weighted by atomic mass is 15.3. The average molecular weight is 305 g/mol. The number of rotatable bonds is 2. The number of fused-ring (bicyclic) bond motifs is 1. The Bertz CT molecular complexity index is 810. The first-order chi connectivity index (χ1) is 11.3. The smallest absolute Gasteiger partial charge is 0.129 e.